The molecule has 100 valence electrons. The Bertz CT molecular complexity index is 338. The molecular formula is C15H23NO2. The molecule has 1 unspecified atom stereocenters. The van der Waals surface area contributed by atoms with Gasteiger partial charge < -0.3 is 10.1 Å². The van der Waals surface area contributed by atoms with E-state index >= 15 is 0 Å². The molecule has 0 aliphatic heterocycles. The number of hydrogen-bond donors (Lipinski definition) is 1. The van der Waals surface area contributed by atoms with Gasteiger partial charge in [0.25, 0.3) is 0 Å². The summed E-state index contributed by atoms with van der Waals surface area (Å²) in [6, 6.07) is 9.35. The van der Waals surface area contributed by atoms with E-state index in [4.69, 9.17) is 4.74 Å². The third-order valence-electron chi connectivity index (χ3n) is 2.95. The molecule has 0 saturated carbocycles. The van der Waals surface area contributed by atoms with Crippen molar-refractivity contribution in [2.24, 2.45) is 0 Å². The second-order valence-corrected chi connectivity index (χ2v) is 4.38. The first-order valence-electron chi connectivity index (χ1n) is 6.65. The number of nitrogens with one attached hydrogen (secondary N) is 1. The maximum Gasteiger partial charge on any atom is 0.327 e. The van der Waals surface area contributed by atoms with Crippen molar-refractivity contribution in [2.45, 2.75) is 38.6 Å². The Labute approximate surface area is 110 Å². The van der Waals surface area contributed by atoms with Gasteiger partial charge in [0.05, 0.1) is 7.11 Å². The summed E-state index contributed by atoms with van der Waals surface area (Å²) < 4.78 is 4.84. The Morgan fingerprint density at radius 3 is 2.56 bits per heavy atom. The maximum atomic E-state index is 11.7. The number of unbranched alkanes of at least 4 members (excludes halogenated alkanes) is 3. The molecule has 0 aliphatic rings. The van der Waals surface area contributed by atoms with Crippen molar-refractivity contribution in [3.8, 4) is 0 Å². The van der Waals surface area contributed by atoms with Crippen LogP contribution >= 0.6 is 0 Å². The lowest BCUT2D eigenvalue weighted by atomic mass is 10.1. The first-order valence-corrected chi connectivity index (χ1v) is 6.65. The Balaban J connectivity index is 2.50. The molecule has 0 bridgehead atoms. The fraction of sp³-hybridized carbons (Fsp3) is 0.533. The Morgan fingerprint density at radius 2 is 1.94 bits per heavy atom. The number of hydrogen-bond acceptors (Lipinski definition) is 3. The number of carbonyl (C=O) groups is 1. The Hall–Kier alpha value is -1.35. The quantitative estimate of drug-likeness (QED) is 0.568. The lowest BCUT2D eigenvalue weighted by molar-refractivity contribution is -0.143. The maximum absolute atomic E-state index is 11.7. The molecule has 1 N–H and O–H groups in total. The number of carbonyl (C=O) groups excluding carboxylic acids is 1. The van der Waals surface area contributed by atoms with Gasteiger partial charge in [-0.3, -0.25) is 0 Å². The molecule has 0 radical (unpaired) electrons. The topological polar surface area (TPSA) is 38.3 Å². The van der Waals surface area contributed by atoms with Crippen LogP contribution in [0.25, 0.3) is 0 Å². The van der Waals surface area contributed by atoms with Crippen LogP contribution < -0.4 is 5.32 Å². The summed E-state index contributed by atoms with van der Waals surface area (Å²) in [5.74, 6) is -0.225. The largest absolute Gasteiger partial charge is 0.468 e. The van der Waals surface area contributed by atoms with Gasteiger partial charge in [0.2, 0.25) is 0 Å². The zero-order valence-electron chi connectivity index (χ0n) is 11.3. The molecule has 3 nitrogen and oxygen atoms in total. The number of methoxy groups -OCH3 is 1. The van der Waals surface area contributed by atoms with Gasteiger partial charge in [-0.05, 0) is 18.5 Å². The van der Waals surface area contributed by atoms with Gasteiger partial charge in [-0.25, -0.2) is 4.79 Å². The molecule has 18 heavy (non-hydrogen) atoms. The van der Waals surface area contributed by atoms with Crippen LogP contribution in [0.4, 0.5) is 0 Å². The van der Waals surface area contributed by atoms with Crippen LogP contribution in [-0.4, -0.2) is 19.6 Å². The van der Waals surface area contributed by atoms with Gasteiger partial charge in [-0.1, -0.05) is 56.5 Å². The molecule has 1 rings (SSSR count). The molecule has 1 atom stereocenters. The molecule has 0 aliphatic carbocycles. The molecule has 0 saturated heterocycles. The van der Waals surface area contributed by atoms with Crippen LogP contribution in [0.15, 0.2) is 30.3 Å². The molecular weight excluding hydrogens is 226 g/mol. The highest BCUT2D eigenvalue weighted by molar-refractivity contribution is 5.77. The molecule has 0 fully saturated rings. The van der Waals surface area contributed by atoms with Crippen LogP contribution in [0.5, 0.6) is 0 Å². The van der Waals surface area contributed by atoms with E-state index in [9.17, 15) is 4.79 Å². The van der Waals surface area contributed by atoms with Crippen LogP contribution in [-0.2, 0) is 9.53 Å². The van der Waals surface area contributed by atoms with Gasteiger partial charge in [0.1, 0.15) is 6.04 Å². The molecule has 0 aromatic heterocycles. The van der Waals surface area contributed by atoms with Crippen molar-refractivity contribution in [3.05, 3.63) is 35.9 Å². The minimum Gasteiger partial charge on any atom is -0.468 e. The predicted molar refractivity (Wildman–Crippen MR) is 73.3 cm³/mol. The third kappa shape index (κ3) is 4.88. The molecule has 0 heterocycles. The summed E-state index contributed by atoms with van der Waals surface area (Å²) in [5, 5.41) is 3.27. The van der Waals surface area contributed by atoms with Crippen molar-refractivity contribution < 1.29 is 9.53 Å². The third-order valence-corrected chi connectivity index (χ3v) is 2.95. The van der Waals surface area contributed by atoms with Crippen molar-refractivity contribution in [1.82, 2.24) is 5.32 Å². The fourth-order valence-corrected chi connectivity index (χ4v) is 1.90. The highest BCUT2D eigenvalue weighted by Gasteiger charge is 2.19. The molecule has 3 heteroatoms. The van der Waals surface area contributed by atoms with E-state index in [1.807, 2.05) is 30.3 Å². The predicted octanol–water partition coefficient (Wildman–Crippen LogP) is 3.07. The number of ether oxygens (including phenoxy) is 1. The minimum absolute atomic E-state index is 0.225. The highest BCUT2D eigenvalue weighted by Crippen LogP contribution is 2.14. The van der Waals surface area contributed by atoms with Crippen molar-refractivity contribution in [2.75, 3.05) is 13.7 Å². The van der Waals surface area contributed by atoms with Crippen molar-refractivity contribution in [1.29, 1.82) is 0 Å². The molecule has 0 amide bonds. The minimum atomic E-state index is -0.349. The normalized spacial score (nSPS) is 12.1. The molecule has 1 aromatic rings. The van der Waals surface area contributed by atoms with E-state index in [-0.39, 0.29) is 12.0 Å². The van der Waals surface area contributed by atoms with Gasteiger partial charge in [0, 0.05) is 0 Å². The lowest BCUT2D eigenvalue weighted by Gasteiger charge is -2.16. The summed E-state index contributed by atoms with van der Waals surface area (Å²) in [6.07, 6.45) is 4.76. The number of rotatable bonds is 8. The van der Waals surface area contributed by atoms with Crippen LogP contribution in [0.3, 0.4) is 0 Å². The second-order valence-electron chi connectivity index (χ2n) is 4.38. The van der Waals surface area contributed by atoms with Crippen LogP contribution in [0, 0.1) is 0 Å². The van der Waals surface area contributed by atoms with E-state index in [0.29, 0.717) is 0 Å². The summed E-state index contributed by atoms with van der Waals surface area (Å²) in [7, 11) is 1.43. The van der Waals surface area contributed by atoms with E-state index in [1.165, 1.54) is 26.4 Å². The van der Waals surface area contributed by atoms with Crippen LogP contribution in [0.1, 0.15) is 44.2 Å². The SMILES string of the molecule is CCCCCCNC(C(=O)OC)c1ccccc1. The summed E-state index contributed by atoms with van der Waals surface area (Å²) in [4.78, 5) is 11.7. The van der Waals surface area contributed by atoms with Gasteiger partial charge in [0.15, 0.2) is 0 Å². The van der Waals surface area contributed by atoms with E-state index in [0.717, 1.165) is 18.5 Å². The van der Waals surface area contributed by atoms with Crippen molar-refractivity contribution in [3.63, 3.8) is 0 Å². The Morgan fingerprint density at radius 1 is 1.22 bits per heavy atom. The van der Waals surface area contributed by atoms with E-state index in [1.54, 1.807) is 0 Å². The number of esters is 1. The smallest absolute Gasteiger partial charge is 0.327 e. The summed E-state index contributed by atoms with van der Waals surface area (Å²) >= 11 is 0. The van der Waals surface area contributed by atoms with E-state index < -0.39 is 0 Å². The monoisotopic (exact) mass is 249 g/mol. The zero-order valence-corrected chi connectivity index (χ0v) is 11.3. The molecule has 1 aromatic carbocycles. The van der Waals surface area contributed by atoms with Gasteiger partial charge >= 0.3 is 5.97 Å². The first kappa shape index (κ1) is 14.7. The van der Waals surface area contributed by atoms with Gasteiger partial charge in [-0.2, -0.15) is 0 Å². The second kappa shape index (κ2) is 8.70. The average Bonchev–Trinajstić information content (AvgIpc) is 2.43. The fourth-order valence-electron chi connectivity index (χ4n) is 1.90. The zero-order chi connectivity index (χ0) is 13.2. The lowest BCUT2D eigenvalue weighted by Crippen LogP contribution is -2.30. The van der Waals surface area contributed by atoms with Crippen LogP contribution in [0.2, 0.25) is 0 Å². The average molecular weight is 249 g/mol. The standard InChI is InChI=1S/C15H23NO2/c1-3-4-5-9-12-16-14(15(17)18-2)13-10-7-6-8-11-13/h6-8,10-11,14,16H,3-5,9,12H2,1-2H3. The van der Waals surface area contributed by atoms with Crippen molar-refractivity contribution >= 4 is 5.97 Å². The number of benzene rings is 1. The summed E-state index contributed by atoms with van der Waals surface area (Å²) in [5.41, 5.74) is 0.958. The first-order chi connectivity index (χ1) is 8.79. The van der Waals surface area contributed by atoms with Gasteiger partial charge in [-0.15, -0.1) is 0 Å². The Kier molecular flexibility index (Phi) is 7.11. The highest BCUT2D eigenvalue weighted by atomic mass is 16.5. The van der Waals surface area contributed by atoms with E-state index in [2.05, 4.69) is 12.2 Å². The molecule has 0 spiro atoms. The summed E-state index contributed by atoms with van der Waals surface area (Å²) in [6.45, 7) is 3.03.